The fourth-order valence-corrected chi connectivity index (χ4v) is 3.36. The monoisotopic (exact) mass is 468 g/mol. The van der Waals surface area contributed by atoms with Crippen molar-refractivity contribution in [1.29, 1.82) is 0 Å². The van der Waals surface area contributed by atoms with Crippen molar-refractivity contribution in [3.05, 3.63) is 16.1 Å². The van der Waals surface area contributed by atoms with Gasteiger partial charge < -0.3 is 20.5 Å². The molecule has 1 fully saturated rings. The second kappa shape index (κ2) is 11.2. The zero-order chi connectivity index (χ0) is 16.5. The van der Waals surface area contributed by atoms with Crippen molar-refractivity contribution in [3.63, 3.8) is 0 Å². The number of aliphatic hydroxyl groups is 1. The van der Waals surface area contributed by atoms with Crippen LogP contribution in [0.15, 0.2) is 10.4 Å². The third-order valence-electron chi connectivity index (χ3n) is 4.08. The van der Waals surface area contributed by atoms with E-state index < -0.39 is 0 Å². The quantitative estimate of drug-likeness (QED) is 0.309. The molecule has 6 nitrogen and oxygen atoms in total. The van der Waals surface area contributed by atoms with E-state index in [4.69, 9.17) is 9.73 Å². The SMILES string of the molecule is CCNC(=NCC1(CCO)CCOC1)NCCc1csc(C)n1.I. The highest BCUT2D eigenvalue weighted by Gasteiger charge is 2.34. The van der Waals surface area contributed by atoms with Crippen LogP contribution in [0.25, 0.3) is 0 Å². The van der Waals surface area contributed by atoms with Crippen LogP contribution in [0.4, 0.5) is 0 Å². The summed E-state index contributed by atoms with van der Waals surface area (Å²) < 4.78 is 5.52. The number of nitrogens with one attached hydrogen (secondary N) is 2. The summed E-state index contributed by atoms with van der Waals surface area (Å²) in [6, 6.07) is 0. The second-order valence-electron chi connectivity index (χ2n) is 6.01. The lowest BCUT2D eigenvalue weighted by Crippen LogP contribution is -2.39. The molecule has 1 aliphatic heterocycles. The molecule has 0 aromatic carbocycles. The highest BCUT2D eigenvalue weighted by Crippen LogP contribution is 2.32. The van der Waals surface area contributed by atoms with Gasteiger partial charge in [0.15, 0.2) is 5.96 Å². The number of halogens is 1. The van der Waals surface area contributed by atoms with Crippen molar-refractivity contribution >= 4 is 41.3 Å². The summed E-state index contributed by atoms with van der Waals surface area (Å²) in [6.45, 7) is 8.03. The molecular formula is C16H29IN4O2S. The van der Waals surface area contributed by atoms with Gasteiger partial charge in [-0.1, -0.05) is 0 Å². The van der Waals surface area contributed by atoms with Crippen LogP contribution in [0.1, 0.15) is 30.5 Å². The molecule has 0 spiro atoms. The van der Waals surface area contributed by atoms with Gasteiger partial charge in [0.25, 0.3) is 0 Å². The minimum atomic E-state index is -0.0108. The summed E-state index contributed by atoms with van der Waals surface area (Å²) in [5.41, 5.74) is 1.11. The van der Waals surface area contributed by atoms with E-state index in [2.05, 4.69) is 27.9 Å². The lowest BCUT2D eigenvalue weighted by atomic mass is 9.84. The molecule has 2 heterocycles. The second-order valence-corrected chi connectivity index (χ2v) is 7.07. The molecule has 2 rings (SSSR count). The van der Waals surface area contributed by atoms with Crippen LogP contribution in [0.2, 0.25) is 0 Å². The number of nitrogens with zero attached hydrogens (tertiary/aromatic N) is 2. The molecule has 0 bridgehead atoms. The predicted molar refractivity (Wildman–Crippen MR) is 110 cm³/mol. The number of aryl methyl sites for hydroxylation is 1. The molecule has 1 aliphatic rings. The smallest absolute Gasteiger partial charge is 0.191 e. The first-order valence-electron chi connectivity index (χ1n) is 8.29. The van der Waals surface area contributed by atoms with Gasteiger partial charge in [0.1, 0.15) is 0 Å². The first-order chi connectivity index (χ1) is 11.2. The minimum Gasteiger partial charge on any atom is -0.396 e. The van der Waals surface area contributed by atoms with E-state index in [0.29, 0.717) is 13.2 Å². The van der Waals surface area contributed by atoms with E-state index in [9.17, 15) is 5.11 Å². The van der Waals surface area contributed by atoms with Crippen LogP contribution < -0.4 is 10.6 Å². The molecule has 0 amide bonds. The number of rotatable bonds is 8. The van der Waals surface area contributed by atoms with Gasteiger partial charge >= 0.3 is 0 Å². The minimum absolute atomic E-state index is 0. The zero-order valence-corrected chi connectivity index (χ0v) is 17.7. The van der Waals surface area contributed by atoms with Crippen molar-refractivity contribution in [2.75, 3.05) is 39.5 Å². The Hall–Kier alpha value is -0.450. The van der Waals surface area contributed by atoms with Crippen LogP contribution in [0.3, 0.4) is 0 Å². The molecule has 0 saturated carbocycles. The summed E-state index contributed by atoms with van der Waals surface area (Å²) in [6.07, 6.45) is 2.60. The molecule has 1 saturated heterocycles. The van der Waals surface area contributed by atoms with Crippen LogP contribution in [0.5, 0.6) is 0 Å². The Balaban J connectivity index is 0.00000288. The van der Waals surface area contributed by atoms with Crippen molar-refractivity contribution in [1.82, 2.24) is 15.6 Å². The lowest BCUT2D eigenvalue weighted by molar-refractivity contribution is 0.131. The van der Waals surface area contributed by atoms with Gasteiger partial charge in [0.2, 0.25) is 0 Å². The van der Waals surface area contributed by atoms with Gasteiger partial charge in [0, 0.05) is 43.5 Å². The van der Waals surface area contributed by atoms with Gasteiger partial charge in [0.05, 0.1) is 23.9 Å². The number of thiazole rings is 1. The van der Waals surface area contributed by atoms with Crippen molar-refractivity contribution in [2.24, 2.45) is 10.4 Å². The Morgan fingerprint density at radius 1 is 1.50 bits per heavy atom. The van der Waals surface area contributed by atoms with E-state index in [1.807, 2.05) is 6.92 Å². The summed E-state index contributed by atoms with van der Waals surface area (Å²) in [5, 5.41) is 19.1. The van der Waals surface area contributed by atoms with E-state index in [0.717, 1.165) is 55.6 Å². The number of aliphatic imine (C=N–C) groups is 1. The van der Waals surface area contributed by atoms with Crippen molar-refractivity contribution in [3.8, 4) is 0 Å². The fourth-order valence-electron chi connectivity index (χ4n) is 2.71. The molecule has 1 aromatic rings. The molecule has 24 heavy (non-hydrogen) atoms. The maximum Gasteiger partial charge on any atom is 0.191 e. The average Bonchev–Trinajstić information content (AvgIpc) is 3.15. The van der Waals surface area contributed by atoms with E-state index in [1.165, 1.54) is 0 Å². The van der Waals surface area contributed by atoms with E-state index in [-0.39, 0.29) is 36.0 Å². The molecule has 1 unspecified atom stereocenters. The Labute approximate surface area is 165 Å². The van der Waals surface area contributed by atoms with Crippen molar-refractivity contribution in [2.45, 2.75) is 33.1 Å². The summed E-state index contributed by atoms with van der Waals surface area (Å²) in [5.74, 6) is 0.823. The Morgan fingerprint density at radius 3 is 2.92 bits per heavy atom. The number of ether oxygens (including phenoxy) is 1. The number of aliphatic hydroxyl groups excluding tert-OH is 1. The molecular weight excluding hydrogens is 439 g/mol. The number of guanidine groups is 1. The van der Waals surface area contributed by atoms with Gasteiger partial charge in [-0.2, -0.15) is 0 Å². The highest BCUT2D eigenvalue weighted by molar-refractivity contribution is 14.0. The molecule has 8 heteroatoms. The first kappa shape index (κ1) is 21.6. The Morgan fingerprint density at radius 2 is 2.33 bits per heavy atom. The number of aromatic nitrogens is 1. The highest BCUT2D eigenvalue weighted by atomic mass is 127. The van der Waals surface area contributed by atoms with Crippen LogP contribution in [0, 0.1) is 12.3 Å². The predicted octanol–water partition coefficient (Wildman–Crippen LogP) is 1.96. The fraction of sp³-hybridized carbons (Fsp3) is 0.750. The maximum absolute atomic E-state index is 9.29. The molecule has 1 aromatic heterocycles. The van der Waals surface area contributed by atoms with E-state index in [1.54, 1.807) is 11.3 Å². The number of hydrogen-bond acceptors (Lipinski definition) is 5. The zero-order valence-electron chi connectivity index (χ0n) is 14.5. The van der Waals surface area contributed by atoms with Crippen LogP contribution >= 0.6 is 35.3 Å². The third kappa shape index (κ3) is 6.81. The van der Waals surface area contributed by atoms with Crippen molar-refractivity contribution < 1.29 is 9.84 Å². The molecule has 0 radical (unpaired) electrons. The van der Waals surface area contributed by atoms with Gasteiger partial charge in [-0.15, -0.1) is 35.3 Å². The van der Waals surface area contributed by atoms with Gasteiger partial charge in [-0.25, -0.2) is 4.98 Å². The Bertz CT molecular complexity index is 504. The van der Waals surface area contributed by atoms with Crippen LogP contribution in [-0.2, 0) is 11.2 Å². The van der Waals surface area contributed by atoms with Gasteiger partial charge in [-0.3, -0.25) is 4.99 Å². The van der Waals surface area contributed by atoms with E-state index >= 15 is 0 Å². The summed E-state index contributed by atoms with van der Waals surface area (Å²) in [4.78, 5) is 9.18. The van der Waals surface area contributed by atoms with Gasteiger partial charge in [-0.05, 0) is 26.7 Å². The lowest BCUT2D eigenvalue weighted by Gasteiger charge is -2.24. The van der Waals surface area contributed by atoms with Crippen LogP contribution in [-0.4, -0.2) is 55.5 Å². The summed E-state index contributed by atoms with van der Waals surface area (Å²) >= 11 is 1.68. The normalized spacial score (nSPS) is 20.7. The topological polar surface area (TPSA) is 78.8 Å². The largest absolute Gasteiger partial charge is 0.396 e. The molecule has 0 aliphatic carbocycles. The first-order valence-corrected chi connectivity index (χ1v) is 9.17. The molecule has 138 valence electrons. The standard InChI is InChI=1S/C16H28N4O2S.HI/c1-3-17-15(18-7-4-14-10-23-13(2)20-14)19-11-16(5-8-21)6-9-22-12-16;/h10,21H,3-9,11-12H2,1-2H3,(H2,17,18,19);1H. The maximum atomic E-state index is 9.29. The summed E-state index contributed by atoms with van der Waals surface area (Å²) in [7, 11) is 0. The average molecular weight is 468 g/mol. The number of hydrogen-bond donors (Lipinski definition) is 3. The third-order valence-corrected chi connectivity index (χ3v) is 4.91. The molecule has 1 atom stereocenters. The Kier molecular flexibility index (Phi) is 10.1. The molecule has 3 N–H and O–H groups in total.